The second kappa shape index (κ2) is 4.21. The van der Waals surface area contributed by atoms with Crippen molar-refractivity contribution in [3.05, 3.63) is 0 Å². The van der Waals surface area contributed by atoms with Crippen LogP contribution in [0.4, 0.5) is 0 Å². The number of hydrogen-bond donors (Lipinski definition) is 2. The minimum atomic E-state index is 0.230. The van der Waals surface area contributed by atoms with Crippen LogP contribution in [0.25, 0.3) is 0 Å². The molecule has 1 aliphatic rings. The van der Waals surface area contributed by atoms with Crippen molar-refractivity contribution in [2.75, 3.05) is 26.4 Å². The fourth-order valence-electron chi connectivity index (χ4n) is 1.28. The second-order valence-corrected chi connectivity index (χ2v) is 3.97. The van der Waals surface area contributed by atoms with E-state index < -0.39 is 0 Å². The van der Waals surface area contributed by atoms with E-state index in [9.17, 15) is 0 Å². The highest BCUT2D eigenvalue weighted by Crippen LogP contribution is 2.25. The highest BCUT2D eigenvalue weighted by atomic mass is 16.5. The Kier molecular flexibility index (Phi) is 3.50. The summed E-state index contributed by atoms with van der Waals surface area (Å²) in [6.07, 6.45) is 0.980. The molecule has 0 saturated carbocycles. The van der Waals surface area contributed by atoms with Crippen LogP contribution in [0, 0.1) is 5.41 Å². The summed E-state index contributed by atoms with van der Waals surface area (Å²) in [6, 6.07) is 0.252. The highest BCUT2D eigenvalue weighted by molar-refractivity contribution is 4.84. The van der Waals surface area contributed by atoms with E-state index >= 15 is 0 Å². The van der Waals surface area contributed by atoms with Crippen LogP contribution < -0.4 is 5.32 Å². The maximum atomic E-state index is 8.92. The molecule has 0 bridgehead atoms. The molecule has 0 aromatic heterocycles. The predicted molar refractivity (Wildman–Crippen MR) is 48.1 cm³/mol. The van der Waals surface area contributed by atoms with Crippen molar-refractivity contribution in [3.8, 4) is 0 Å². The molecule has 2 N–H and O–H groups in total. The van der Waals surface area contributed by atoms with Gasteiger partial charge in [-0.3, -0.25) is 0 Å². The Morgan fingerprint density at radius 3 is 2.58 bits per heavy atom. The quantitative estimate of drug-likeness (QED) is 0.631. The van der Waals surface area contributed by atoms with E-state index in [0.29, 0.717) is 5.41 Å². The summed E-state index contributed by atoms with van der Waals surface area (Å²) in [4.78, 5) is 0. The summed E-state index contributed by atoms with van der Waals surface area (Å²) in [7, 11) is 0. The summed E-state index contributed by atoms with van der Waals surface area (Å²) in [6.45, 7) is 7.16. The van der Waals surface area contributed by atoms with Gasteiger partial charge in [-0.05, 0) is 6.42 Å². The average Bonchev–Trinajstić information content (AvgIpc) is 2.03. The minimum Gasteiger partial charge on any atom is -0.395 e. The standard InChI is InChI=1S/C9H19NO2/c1-3-8(4-11)10-5-9(2)6-12-7-9/h8,10-11H,3-7H2,1-2H3/t8-/m1/s1. The first-order chi connectivity index (χ1) is 5.70. The van der Waals surface area contributed by atoms with Gasteiger partial charge in [0.05, 0.1) is 19.8 Å². The molecule has 0 spiro atoms. The van der Waals surface area contributed by atoms with Gasteiger partial charge in [-0.25, -0.2) is 0 Å². The minimum absolute atomic E-state index is 0.230. The van der Waals surface area contributed by atoms with Gasteiger partial charge in [0, 0.05) is 18.0 Å². The lowest BCUT2D eigenvalue weighted by Gasteiger charge is -2.39. The van der Waals surface area contributed by atoms with Crippen molar-refractivity contribution in [2.24, 2.45) is 5.41 Å². The molecule has 0 unspecified atom stereocenters. The molecule has 12 heavy (non-hydrogen) atoms. The lowest BCUT2D eigenvalue weighted by molar-refractivity contribution is -0.100. The lowest BCUT2D eigenvalue weighted by atomic mass is 9.88. The van der Waals surface area contributed by atoms with Crippen LogP contribution in [0.5, 0.6) is 0 Å². The molecule has 0 aromatic rings. The van der Waals surface area contributed by atoms with Gasteiger partial charge in [0.15, 0.2) is 0 Å². The molecular weight excluding hydrogens is 154 g/mol. The van der Waals surface area contributed by atoms with Crippen LogP contribution in [-0.4, -0.2) is 37.5 Å². The molecule has 0 amide bonds. The first kappa shape index (κ1) is 9.96. The molecular formula is C9H19NO2. The van der Waals surface area contributed by atoms with Crippen LogP contribution in [0.15, 0.2) is 0 Å². The number of aliphatic hydroxyl groups is 1. The van der Waals surface area contributed by atoms with Gasteiger partial charge in [0.1, 0.15) is 0 Å². The van der Waals surface area contributed by atoms with Crippen molar-refractivity contribution in [1.29, 1.82) is 0 Å². The van der Waals surface area contributed by atoms with Crippen molar-refractivity contribution in [2.45, 2.75) is 26.3 Å². The van der Waals surface area contributed by atoms with E-state index in [2.05, 4.69) is 19.2 Å². The first-order valence-electron chi connectivity index (χ1n) is 4.62. The van der Waals surface area contributed by atoms with Crippen molar-refractivity contribution >= 4 is 0 Å². The van der Waals surface area contributed by atoms with E-state index in [4.69, 9.17) is 9.84 Å². The summed E-state index contributed by atoms with van der Waals surface area (Å²) in [5, 5.41) is 12.3. The SMILES string of the molecule is CC[C@H](CO)NCC1(C)COC1. The molecule has 1 saturated heterocycles. The Morgan fingerprint density at radius 1 is 1.58 bits per heavy atom. The van der Waals surface area contributed by atoms with E-state index in [-0.39, 0.29) is 12.6 Å². The lowest BCUT2D eigenvalue weighted by Crippen LogP contribution is -2.50. The molecule has 1 heterocycles. The molecule has 72 valence electrons. The van der Waals surface area contributed by atoms with Gasteiger partial charge in [0.2, 0.25) is 0 Å². The summed E-state index contributed by atoms with van der Waals surface area (Å²) in [5.74, 6) is 0. The number of nitrogens with one attached hydrogen (secondary N) is 1. The van der Waals surface area contributed by atoms with Crippen LogP contribution in [0.3, 0.4) is 0 Å². The summed E-state index contributed by atoms with van der Waals surface area (Å²) in [5.41, 5.74) is 0.308. The molecule has 1 rings (SSSR count). The molecule has 1 atom stereocenters. The molecule has 1 fully saturated rings. The fraction of sp³-hybridized carbons (Fsp3) is 1.00. The van der Waals surface area contributed by atoms with E-state index in [1.807, 2.05) is 0 Å². The van der Waals surface area contributed by atoms with Gasteiger partial charge in [-0.1, -0.05) is 13.8 Å². The molecule has 1 aliphatic heterocycles. The van der Waals surface area contributed by atoms with E-state index in [1.165, 1.54) is 0 Å². The van der Waals surface area contributed by atoms with Crippen molar-refractivity contribution in [3.63, 3.8) is 0 Å². The molecule has 0 radical (unpaired) electrons. The van der Waals surface area contributed by atoms with Crippen LogP contribution in [0.2, 0.25) is 0 Å². The van der Waals surface area contributed by atoms with Crippen molar-refractivity contribution < 1.29 is 9.84 Å². The Balaban J connectivity index is 2.14. The molecule has 3 nitrogen and oxygen atoms in total. The van der Waals surface area contributed by atoms with Gasteiger partial charge < -0.3 is 15.2 Å². The molecule has 0 aliphatic carbocycles. The average molecular weight is 173 g/mol. The van der Waals surface area contributed by atoms with Gasteiger partial charge >= 0.3 is 0 Å². The molecule has 3 heteroatoms. The largest absolute Gasteiger partial charge is 0.395 e. The zero-order valence-corrected chi connectivity index (χ0v) is 7.97. The smallest absolute Gasteiger partial charge is 0.0584 e. The zero-order chi connectivity index (χ0) is 9.03. The van der Waals surface area contributed by atoms with Gasteiger partial charge in [0.25, 0.3) is 0 Å². The van der Waals surface area contributed by atoms with Crippen LogP contribution in [-0.2, 0) is 4.74 Å². The first-order valence-corrected chi connectivity index (χ1v) is 4.62. The van der Waals surface area contributed by atoms with E-state index in [0.717, 1.165) is 26.2 Å². The summed E-state index contributed by atoms with van der Waals surface area (Å²) >= 11 is 0. The fourth-order valence-corrected chi connectivity index (χ4v) is 1.28. The number of rotatable bonds is 5. The Bertz CT molecular complexity index is 130. The third-order valence-corrected chi connectivity index (χ3v) is 2.43. The van der Waals surface area contributed by atoms with Crippen LogP contribution >= 0.6 is 0 Å². The third-order valence-electron chi connectivity index (χ3n) is 2.43. The summed E-state index contributed by atoms with van der Waals surface area (Å²) < 4.78 is 5.13. The monoisotopic (exact) mass is 173 g/mol. The van der Waals surface area contributed by atoms with Crippen molar-refractivity contribution in [1.82, 2.24) is 5.32 Å². The Hall–Kier alpha value is -0.120. The maximum Gasteiger partial charge on any atom is 0.0584 e. The van der Waals surface area contributed by atoms with Gasteiger partial charge in [-0.15, -0.1) is 0 Å². The Morgan fingerprint density at radius 2 is 2.25 bits per heavy atom. The number of aliphatic hydroxyl groups excluding tert-OH is 1. The number of hydrogen-bond acceptors (Lipinski definition) is 3. The third kappa shape index (κ3) is 2.44. The normalized spacial score (nSPS) is 23.2. The maximum absolute atomic E-state index is 8.92. The highest BCUT2D eigenvalue weighted by Gasteiger charge is 2.33. The molecule has 0 aromatic carbocycles. The number of ether oxygens (including phenoxy) is 1. The zero-order valence-electron chi connectivity index (χ0n) is 7.97. The topological polar surface area (TPSA) is 41.5 Å². The van der Waals surface area contributed by atoms with Gasteiger partial charge in [-0.2, -0.15) is 0 Å². The van der Waals surface area contributed by atoms with E-state index in [1.54, 1.807) is 0 Å². The predicted octanol–water partition coefficient (Wildman–Crippen LogP) is 0.383. The Labute approximate surface area is 74.1 Å². The second-order valence-electron chi connectivity index (χ2n) is 3.97. The van der Waals surface area contributed by atoms with Crippen LogP contribution in [0.1, 0.15) is 20.3 Å².